The molecule has 0 atom stereocenters. The predicted octanol–water partition coefficient (Wildman–Crippen LogP) is 4.73. The van der Waals surface area contributed by atoms with Crippen molar-refractivity contribution >= 4 is 5.91 Å². The highest BCUT2D eigenvalue weighted by atomic mass is 16.2. The molecule has 0 saturated heterocycles. The molecule has 0 unspecified atom stereocenters. The van der Waals surface area contributed by atoms with Crippen LogP contribution in [0.1, 0.15) is 39.5 Å². The second-order valence-electron chi connectivity index (χ2n) is 7.59. The molecule has 4 rings (SSSR count). The third-order valence-electron chi connectivity index (χ3n) is 5.29. The zero-order valence-corrected chi connectivity index (χ0v) is 17.7. The lowest BCUT2D eigenvalue weighted by Gasteiger charge is -2.23. The van der Waals surface area contributed by atoms with Gasteiger partial charge in [-0.2, -0.15) is 5.10 Å². The fourth-order valence-electron chi connectivity index (χ4n) is 3.53. The Morgan fingerprint density at radius 3 is 2.19 bits per heavy atom. The van der Waals surface area contributed by atoms with Gasteiger partial charge in [-0.15, -0.1) is 0 Å². The molecule has 0 aliphatic carbocycles. The summed E-state index contributed by atoms with van der Waals surface area (Å²) in [7, 11) is 0. The third kappa shape index (κ3) is 5.45. The molecule has 0 spiro atoms. The summed E-state index contributed by atoms with van der Waals surface area (Å²) < 4.78 is 1.87. The van der Waals surface area contributed by atoms with Crippen LogP contribution in [0.3, 0.4) is 0 Å². The van der Waals surface area contributed by atoms with Gasteiger partial charge in [0.1, 0.15) is 0 Å². The van der Waals surface area contributed by atoms with Crippen LogP contribution >= 0.6 is 0 Å². The van der Waals surface area contributed by atoms with E-state index < -0.39 is 0 Å². The van der Waals surface area contributed by atoms with Gasteiger partial charge in [0.25, 0.3) is 5.91 Å². The van der Waals surface area contributed by atoms with Crippen molar-refractivity contribution in [2.75, 3.05) is 0 Å². The summed E-state index contributed by atoms with van der Waals surface area (Å²) in [6.07, 6.45) is 8.26. The molecule has 0 saturated carbocycles. The molecule has 2 heterocycles. The monoisotopic (exact) mass is 410 g/mol. The highest BCUT2D eigenvalue weighted by molar-refractivity contribution is 5.94. The number of pyridine rings is 1. The molecular formula is C26H26N4O. The lowest BCUT2D eigenvalue weighted by atomic mass is 10.1. The number of carbonyl (C=O) groups excluding carboxylic acids is 1. The van der Waals surface area contributed by atoms with Crippen LogP contribution < -0.4 is 0 Å². The largest absolute Gasteiger partial charge is 0.330 e. The van der Waals surface area contributed by atoms with E-state index in [1.54, 1.807) is 12.4 Å². The van der Waals surface area contributed by atoms with Crippen molar-refractivity contribution in [2.24, 2.45) is 0 Å². The molecule has 156 valence electrons. The number of rotatable bonds is 8. The average molecular weight is 411 g/mol. The van der Waals surface area contributed by atoms with Gasteiger partial charge in [0.2, 0.25) is 0 Å². The zero-order chi connectivity index (χ0) is 21.5. The highest BCUT2D eigenvalue weighted by Crippen LogP contribution is 2.16. The van der Waals surface area contributed by atoms with Crippen molar-refractivity contribution in [1.82, 2.24) is 19.7 Å². The first kappa shape index (κ1) is 20.5. The van der Waals surface area contributed by atoms with Crippen molar-refractivity contribution in [3.8, 4) is 0 Å². The first-order valence-corrected chi connectivity index (χ1v) is 10.5. The number of aromatic nitrogens is 3. The molecule has 31 heavy (non-hydrogen) atoms. The van der Waals surface area contributed by atoms with Crippen LogP contribution in [0.5, 0.6) is 0 Å². The number of nitrogens with zero attached hydrogens (tertiary/aromatic N) is 4. The maximum Gasteiger partial charge on any atom is 0.254 e. The minimum atomic E-state index is 0.00839. The van der Waals surface area contributed by atoms with E-state index in [0.717, 1.165) is 23.1 Å². The lowest BCUT2D eigenvalue weighted by Crippen LogP contribution is -2.30. The van der Waals surface area contributed by atoms with Gasteiger partial charge < -0.3 is 4.90 Å². The first-order valence-electron chi connectivity index (χ1n) is 10.5. The van der Waals surface area contributed by atoms with Crippen LogP contribution in [0, 0.1) is 0 Å². The lowest BCUT2D eigenvalue weighted by molar-refractivity contribution is 0.0730. The molecule has 0 bridgehead atoms. The summed E-state index contributed by atoms with van der Waals surface area (Å²) in [6.45, 7) is 3.89. The molecule has 5 nitrogen and oxygen atoms in total. The quantitative estimate of drug-likeness (QED) is 0.422. The van der Waals surface area contributed by atoms with Crippen LogP contribution in [0.2, 0.25) is 0 Å². The Bertz CT molecular complexity index is 1090. The van der Waals surface area contributed by atoms with E-state index in [1.807, 2.05) is 64.4 Å². The molecule has 1 amide bonds. The maximum absolute atomic E-state index is 13.4. The van der Waals surface area contributed by atoms with E-state index in [0.29, 0.717) is 25.2 Å². The number of benzene rings is 2. The normalized spacial score (nSPS) is 10.7. The van der Waals surface area contributed by atoms with E-state index in [4.69, 9.17) is 0 Å². The standard InChI is InChI=1S/C26H26N4O/c1-2-21-6-8-22(9-7-21)18-29(19-24-5-3-14-27-17-24)26(31)25-12-10-23(11-13-25)20-30-16-4-15-28-30/h3-17H,2,18-20H2,1H3. The van der Waals surface area contributed by atoms with Crippen molar-refractivity contribution in [1.29, 1.82) is 0 Å². The molecule has 0 radical (unpaired) electrons. The van der Waals surface area contributed by atoms with Gasteiger partial charge >= 0.3 is 0 Å². The summed E-state index contributed by atoms with van der Waals surface area (Å²) in [6, 6.07) is 22.1. The van der Waals surface area contributed by atoms with Crippen molar-refractivity contribution in [2.45, 2.75) is 33.0 Å². The average Bonchev–Trinajstić information content (AvgIpc) is 3.33. The molecule has 0 fully saturated rings. The second-order valence-corrected chi connectivity index (χ2v) is 7.59. The Balaban J connectivity index is 1.53. The Kier molecular flexibility index (Phi) is 6.53. The van der Waals surface area contributed by atoms with E-state index >= 15 is 0 Å². The summed E-state index contributed by atoms with van der Waals surface area (Å²) in [5.74, 6) is 0.00839. The summed E-state index contributed by atoms with van der Waals surface area (Å²) >= 11 is 0. The smallest absolute Gasteiger partial charge is 0.254 e. The van der Waals surface area contributed by atoms with Crippen LogP contribution in [0.15, 0.2) is 91.5 Å². The zero-order valence-electron chi connectivity index (χ0n) is 17.7. The van der Waals surface area contributed by atoms with Crippen molar-refractivity contribution < 1.29 is 4.79 Å². The molecule has 0 N–H and O–H groups in total. The summed E-state index contributed by atoms with van der Waals surface area (Å²) in [5.41, 5.74) is 5.20. The molecule has 0 aliphatic rings. The second kappa shape index (κ2) is 9.85. The SMILES string of the molecule is CCc1ccc(CN(Cc2cccnc2)C(=O)c2ccc(Cn3cccn3)cc2)cc1. The number of aryl methyl sites for hydroxylation is 1. The minimum absolute atomic E-state index is 0.00839. The van der Waals surface area contributed by atoms with Crippen LogP contribution in [-0.4, -0.2) is 25.6 Å². The van der Waals surface area contributed by atoms with Gasteiger partial charge in [-0.3, -0.25) is 14.5 Å². The van der Waals surface area contributed by atoms with Gasteiger partial charge in [-0.25, -0.2) is 0 Å². The first-order chi connectivity index (χ1) is 15.2. The van der Waals surface area contributed by atoms with Gasteiger partial charge in [-0.1, -0.05) is 49.4 Å². The Morgan fingerprint density at radius 2 is 1.55 bits per heavy atom. The van der Waals surface area contributed by atoms with E-state index in [1.165, 1.54) is 5.56 Å². The molecule has 0 aliphatic heterocycles. The Labute approximate surface area is 183 Å². The predicted molar refractivity (Wildman–Crippen MR) is 121 cm³/mol. The minimum Gasteiger partial charge on any atom is -0.330 e. The Morgan fingerprint density at radius 1 is 0.839 bits per heavy atom. The highest BCUT2D eigenvalue weighted by Gasteiger charge is 2.17. The van der Waals surface area contributed by atoms with Gasteiger partial charge in [0.15, 0.2) is 0 Å². The molecule has 2 aromatic carbocycles. The number of hydrogen-bond donors (Lipinski definition) is 0. The van der Waals surface area contributed by atoms with Crippen LogP contribution in [-0.2, 0) is 26.1 Å². The van der Waals surface area contributed by atoms with Crippen molar-refractivity contribution in [3.05, 3.63) is 119 Å². The fraction of sp³-hybridized carbons (Fsp3) is 0.192. The van der Waals surface area contributed by atoms with Crippen molar-refractivity contribution in [3.63, 3.8) is 0 Å². The molecule has 5 heteroatoms. The Hall–Kier alpha value is -3.73. The number of carbonyl (C=O) groups is 1. The summed E-state index contributed by atoms with van der Waals surface area (Å²) in [4.78, 5) is 19.5. The van der Waals surface area contributed by atoms with Gasteiger partial charge in [0, 0.05) is 43.4 Å². The molecule has 2 aromatic heterocycles. The topological polar surface area (TPSA) is 51.0 Å². The molecule has 4 aromatic rings. The third-order valence-corrected chi connectivity index (χ3v) is 5.29. The van der Waals surface area contributed by atoms with E-state index in [9.17, 15) is 4.79 Å². The maximum atomic E-state index is 13.4. The van der Waals surface area contributed by atoms with Gasteiger partial charge in [0.05, 0.1) is 6.54 Å². The fourth-order valence-corrected chi connectivity index (χ4v) is 3.53. The van der Waals surface area contributed by atoms with Gasteiger partial charge in [-0.05, 0) is 52.9 Å². The van der Waals surface area contributed by atoms with E-state index in [-0.39, 0.29) is 5.91 Å². The number of amides is 1. The molecular weight excluding hydrogens is 384 g/mol. The number of hydrogen-bond acceptors (Lipinski definition) is 3. The van der Waals surface area contributed by atoms with E-state index in [2.05, 4.69) is 41.3 Å². The van der Waals surface area contributed by atoms with Crippen LogP contribution in [0.4, 0.5) is 0 Å². The van der Waals surface area contributed by atoms with Crippen LogP contribution in [0.25, 0.3) is 0 Å². The summed E-state index contributed by atoms with van der Waals surface area (Å²) in [5, 5.41) is 4.24.